The van der Waals surface area contributed by atoms with Gasteiger partial charge >= 0.3 is 6.09 Å². The number of ether oxygens (including phenoxy) is 4. The fraction of sp³-hybridized carbons (Fsp3) is 0.594. The smallest absolute Gasteiger partial charge is 0.407 e. The molecule has 2 N–H and O–H groups in total. The van der Waals surface area contributed by atoms with Crippen molar-refractivity contribution < 1.29 is 37.3 Å². The first-order chi connectivity index (χ1) is 20.5. The van der Waals surface area contributed by atoms with E-state index in [4.69, 9.17) is 18.9 Å². The van der Waals surface area contributed by atoms with E-state index in [0.29, 0.717) is 18.8 Å². The van der Waals surface area contributed by atoms with Gasteiger partial charge in [0.15, 0.2) is 0 Å². The summed E-state index contributed by atoms with van der Waals surface area (Å²) in [7, 11) is -2.44. The number of hydrogen-bond donors (Lipinski definition) is 2. The summed E-state index contributed by atoms with van der Waals surface area (Å²) in [5.74, 6) is 0.710. The van der Waals surface area contributed by atoms with E-state index in [0.717, 1.165) is 18.4 Å². The van der Waals surface area contributed by atoms with Crippen LogP contribution in [0, 0.1) is 11.8 Å². The number of carbonyl (C=O) groups is 1. The average molecular weight is 617 g/mol. The zero-order valence-electron chi connectivity index (χ0n) is 25.3. The Morgan fingerprint density at radius 1 is 1.12 bits per heavy atom. The van der Waals surface area contributed by atoms with E-state index >= 15 is 0 Å². The molecule has 2 aromatic carbocycles. The number of aliphatic hydroxyl groups is 1. The molecule has 5 rings (SSSR count). The van der Waals surface area contributed by atoms with Gasteiger partial charge in [0.1, 0.15) is 17.5 Å². The van der Waals surface area contributed by atoms with Crippen LogP contribution in [0.3, 0.4) is 0 Å². The number of methoxy groups -OCH3 is 1. The maximum Gasteiger partial charge on any atom is 0.407 e. The van der Waals surface area contributed by atoms with Crippen molar-refractivity contribution in [2.24, 2.45) is 11.8 Å². The number of nitrogens with one attached hydrogen (secondary N) is 1. The molecule has 0 saturated carbocycles. The van der Waals surface area contributed by atoms with Gasteiger partial charge in [0.2, 0.25) is 10.0 Å². The van der Waals surface area contributed by atoms with Crippen LogP contribution in [0.2, 0.25) is 0 Å². The molecule has 0 aromatic heterocycles. The van der Waals surface area contributed by atoms with Crippen LogP contribution < -0.4 is 10.1 Å². The zero-order chi connectivity index (χ0) is 30.8. The lowest BCUT2D eigenvalue weighted by Crippen LogP contribution is -2.57. The average Bonchev–Trinajstić information content (AvgIpc) is 3.45. The van der Waals surface area contributed by atoms with Crippen molar-refractivity contribution in [3.63, 3.8) is 0 Å². The van der Waals surface area contributed by atoms with E-state index in [1.54, 1.807) is 12.1 Å². The SMILES string of the molecule is COc1ccc(S(=O)(=O)N(CC(C)C)C[C@@H](O)[C@H](Cc2ccccc2)NC(=O)O[C@H]2CC[C@@H]3C[C@H]4CO[C@@H](C)[C@@]42O3)cc1. The second-order valence-corrected chi connectivity index (χ2v) is 14.3. The van der Waals surface area contributed by atoms with Gasteiger partial charge in [-0.15, -0.1) is 0 Å². The number of fused-ring (bicyclic) bond motifs is 1. The van der Waals surface area contributed by atoms with Gasteiger partial charge in [-0.05, 0) is 68.4 Å². The van der Waals surface area contributed by atoms with Gasteiger partial charge in [0.25, 0.3) is 0 Å². The Kier molecular flexibility index (Phi) is 9.67. The molecule has 3 heterocycles. The number of nitrogens with zero attached hydrogens (tertiary/aromatic N) is 1. The molecule has 3 aliphatic rings. The van der Waals surface area contributed by atoms with E-state index in [2.05, 4.69) is 5.32 Å². The van der Waals surface area contributed by atoms with Gasteiger partial charge in [-0.3, -0.25) is 0 Å². The molecule has 0 radical (unpaired) electrons. The molecule has 3 saturated heterocycles. The molecule has 7 atom stereocenters. The summed E-state index contributed by atoms with van der Waals surface area (Å²) in [6.45, 7) is 6.37. The third-order valence-corrected chi connectivity index (χ3v) is 10.8. The molecule has 2 aromatic rings. The lowest BCUT2D eigenvalue weighted by Gasteiger charge is -2.42. The third-order valence-electron chi connectivity index (χ3n) is 8.97. The van der Waals surface area contributed by atoms with Crippen molar-refractivity contribution in [3.05, 3.63) is 60.2 Å². The Morgan fingerprint density at radius 2 is 1.84 bits per heavy atom. The highest BCUT2D eigenvalue weighted by Crippen LogP contribution is 2.52. The fourth-order valence-corrected chi connectivity index (χ4v) is 8.44. The Bertz CT molecular complexity index is 1340. The van der Waals surface area contributed by atoms with Gasteiger partial charge in [-0.2, -0.15) is 4.31 Å². The summed E-state index contributed by atoms with van der Waals surface area (Å²) in [6.07, 6.45) is 0.267. The molecular formula is C32H44N2O8S. The minimum absolute atomic E-state index is 0.00455. The molecule has 3 aliphatic heterocycles. The first-order valence-corrected chi connectivity index (χ1v) is 16.6. The number of alkyl carbamates (subject to hydrolysis) is 1. The van der Waals surface area contributed by atoms with Gasteiger partial charge in [-0.1, -0.05) is 44.2 Å². The van der Waals surface area contributed by atoms with Crippen molar-refractivity contribution >= 4 is 16.1 Å². The largest absolute Gasteiger partial charge is 0.497 e. The highest BCUT2D eigenvalue weighted by molar-refractivity contribution is 7.89. The van der Waals surface area contributed by atoms with Crippen LogP contribution in [0.1, 0.15) is 45.6 Å². The summed E-state index contributed by atoms with van der Waals surface area (Å²) in [5.41, 5.74) is 0.227. The van der Waals surface area contributed by atoms with E-state index in [9.17, 15) is 18.3 Å². The lowest BCUT2D eigenvalue weighted by atomic mass is 9.81. The molecule has 1 spiro atoms. The van der Waals surface area contributed by atoms with Crippen LogP contribution in [0.5, 0.6) is 5.75 Å². The lowest BCUT2D eigenvalue weighted by molar-refractivity contribution is -0.182. The van der Waals surface area contributed by atoms with Gasteiger partial charge in [0, 0.05) is 19.0 Å². The molecule has 2 bridgehead atoms. The van der Waals surface area contributed by atoms with Crippen molar-refractivity contribution in [1.29, 1.82) is 0 Å². The maximum atomic E-state index is 13.7. The van der Waals surface area contributed by atoms with E-state index in [1.165, 1.54) is 23.5 Å². The molecular weight excluding hydrogens is 572 g/mol. The minimum Gasteiger partial charge on any atom is -0.497 e. The number of amides is 1. The number of carbonyl (C=O) groups excluding carboxylic acids is 1. The monoisotopic (exact) mass is 616 g/mol. The maximum absolute atomic E-state index is 13.7. The third kappa shape index (κ3) is 6.71. The molecule has 10 nitrogen and oxygen atoms in total. The van der Waals surface area contributed by atoms with E-state index in [-0.39, 0.29) is 48.4 Å². The van der Waals surface area contributed by atoms with Crippen molar-refractivity contribution in [2.45, 2.75) is 87.4 Å². The van der Waals surface area contributed by atoms with Crippen LogP contribution in [-0.2, 0) is 30.7 Å². The van der Waals surface area contributed by atoms with Crippen molar-refractivity contribution in [1.82, 2.24) is 9.62 Å². The number of aliphatic hydroxyl groups excluding tert-OH is 1. The molecule has 0 aliphatic carbocycles. The summed E-state index contributed by atoms with van der Waals surface area (Å²) in [6, 6.07) is 14.8. The highest BCUT2D eigenvalue weighted by Gasteiger charge is 2.64. The van der Waals surface area contributed by atoms with Crippen LogP contribution in [-0.4, -0.2) is 86.8 Å². The number of benzene rings is 2. The minimum atomic E-state index is -3.95. The predicted molar refractivity (Wildman–Crippen MR) is 160 cm³/mol. The van der Waals surface area contributed by atoms with E-state index < -0.39 is 40.0 Å². The summed E-state index contributed by atoms with van der Waals surface area (Å²) < 4.78 is 52.2. The van der Waals surface area contributed by atoms with Crippen LogP contribution in [0.15, 0.2) is 59.5 Å². The molecule has 1 amide bonds. The molecule has 11 heteroatoms. The Morgan fingerprint density at radius 3 is 2.51 bits per heavy atom. The Labute approximate surface area is 254 Å². The van der Waals surface area contributed by atoms with Gasteiger partial charge < -0.3 is 29.4 Å². The van der Waals surface area contributed by atoms with Crippen molar-refractivity contribution in [2.75, 3.05) is 26.8 Å². The van der Waals surface area contributed by atoms with E-state index in [1.807, 2.05) is 51.1 Å². The first kappa shape index (κ1) is 31.7. The Balaban J connectivity index is 1.34. The summed E-state index contributed by atoms with van der Waals surface area (Å²) in [4.78, 5) is 13.5. The summed E-state index contributed by atoms with van der Waals surface area (Å²) in [5, 5.41) is 14.4. The zero-order valence-corrected chi connectivity index (χ0v) is 26.2. The highest BCUT2D eigenvalue weighted by atomic mass is 32.2. The predicted octanol–water partition coefficient (Wildman–Crippen LogP) is 3.77. The van der Waals surface area contributed by atoms with Crippen LogP contribution >= 0.6 is 0 Å². The standard InChI is InChI=1S/C32H44N2O8S/c1-21(2)18-34(43(37,38)27-13-10-25(39-4)11-14-27)19-29(35)28(16-23-8-6-5-7-9-23)33-31(36)41-30-15-12-26-17-24-20-40-22(3)32(24,30)42-26/h5-11,13-14,21-22,24,26,28-30,35H,12,15-20H2,1-4H3,(H,33,36)/t22-,24-,26+,28-,29+,30-,32+/m0/s1. The molecule has 0 unspecified atom stereocenters. The van der Waals surface area contributed by atoms with Gasteiger partial charge in [-0.25, -0.2) is 13.2 Å². The molecule has 43 heavy (non-hydrogen) atoms. The fourth-order valence-electron chi connectivity index (χ4n) is 6.82. The summed E-state index contributed by atoms with van der Waals surface area (Å²) >= 11 is 0. The van der Waals surface area contributed by atoms with Crippen LogP contribution in [0.25, 0.3) is 0 Å². The second kappa shape index (κ2) is 13.1. The Hall–Kier alpha value is -2.70. The number of sulfonamides is 1. The van der Waals surface area contributed by atoms with Gasteiger partial charge in [0.05, 0.1) is 43.0 Å². The second-order valence-electron chi connectivity index (χ2n) is 12.4. The first-order valence-electron chi connectivity index (χ1n) is 15.2. The van der Waals surface area contributed by atoms with Crippen molar-refractivity contribution in [3.8, 4) is 5.75 Å². The topological polar surface area (TPSA) is 124 Å². The van der Waals surface area contributed by atoms with Crippen LogP contribution in [0.4, 0.5) is 4.79 Å². The number of rotatable bonds is 12. The normalized spacial score (nSPS) is 28.0. The molecule has 236 valence electrons. The quantitative estimate of drug-likeness (QED) is 0.370. The number of hydrogen-bond acceptors (Lipinski definition) is 8. The molecule has 3 fully saturated rings.